The van der Waals surface area contributed by atoms with Gasteiger partial charge in [0.15, 0.2) is 0 Å². The number of hydrogen-bond donors (Lipinski definition) is 2. The molecule has 8 heteroatoms. The van der Waals surface area contributed by atoms with Crippen molar-refractivity contribution in [1.29, 1.82) is 0 Å². The Morgan fingerprint density at radius 3 is 3.08 bits per heavy atom. The summed E-state index contributed by atoms with van der Waals surface area (Å²) < 4.78 is 0. The number of aryl methyl sites for hydroxylation is 1. The third-order valence-corrected chi connectivity index (χ3v) is 5.95. The van der Waals surface area contributed by atoms with Gasteiger partial charge in [-0.05, 0) is 24.8 Å². The number of fused-ring (bicyclic) bond motifs is 1. The van der Waals surface area contributed by atoms with Crippen molar-refractivity contribution in [3.63, 3.8) is 0 Å². The molecule has 24 heavy (non-hydrogen) atoms. The van der Waals surface area contributed by atoms with Crippen molar-refractivity contribution in [2.45, 2.75) is 32.0 Å². The van der Waals surface area contributed by atoms with Crippen molar-refractivity contribution < 1.29 is 5.11 Å². The Morgan fingerprint density at radius 1 is 1.38 bits per heavy atom. The minimum Gasteiger partial charge on any atom is -0.390 e. The lowest BCUT2D eigenvalue weighted by atomic mass is 10.0. The zero-order valence-corrected chi connectivity index (χ0v) is 15.0. The molecule has 1 fully saturated rings. The summed E-state index contributed by atoms with van der Waals surface area (Å²) in [5.74, 6) is 0.814. The summed E-state index contributed by atoms with van der Waals surface area (Å²) in [7, 11) is 0. The van der Waals surface area contributed by atoms with Gasteiger partial charge < -0.3 is 10.4 Å². The molecular formula is C16H19N5OS2. The van der Waals surface area contributed by atoms with E-state index in [0.29, 0.717) is 6.54 Å². The van der Waals surface area contributed by atoms with Gasteiger partial charge in [-0.2, -0.15) is 0 Å². The molecule has 3 aromatic rings. The number of thiazole rings is 1. The van der Waals surface area contributed by atoms with Gasteiger partial charge in [0.1, 0.15) is 17.0 Å². The molecule has 1 aliphatic heterocycles. The summed E-state index contributed by atoms with van der Waals surface area (Å²) in [6, 6.07) is 2.03. The molecule has 6 nitrogen and oxygen atoms in total. The maximum Gasteiger partial charge on any atom is 0.138 e. The van der Waals surface area contributed by atoms with E-state index in [1.165, 1.54) is 0 Å². The standard InChI is InChI=1S/C16H19N5OS2/c1-10-19-11(8-24-10)6-21-4-2-13(14(22)7-21)20-15-12-3-5-23-16(12)18-9-17-15/h3,5,8-9,13-14,22H,2,4,6-7H2,1H3,(H,17,18,20)/t13-,14-/m1/s1. The molecule has 1 aliphatic rings. The van der Waals surface area contributed by atoms with Gasteiger partial charge in [-0.15, -0.1) is 22.7 Å². The average Bonchev–Trinajstić information content (AvgIpc) is 3.19. The number of β-amino-alcohol motifs (C(OH)–C–C–N with tert-alkyl or cyclic N) is 1. The third-order valence-electron chi connectivity index (χ3n) is 4.30. The van der Waals surface area contributed by atoms with Crippen LogP contribution in [-0.2, 0) is 6.54 Å². The molecule has 0 amide bonds. The molecule has 4 heterocycles. The van der Waals surface area contributed by atoms with Gasteiger partial charge in [0.2, 0.25) is 0 Å². The Balaban J connectivity index is 1.41. The molecular weight excluding hydrogens is 342 g/mol. The Labute approximate surface area is 148 Å². The van der Waals surface area contributed by atoms with Gasteiger partial charge in [-0.3, -0.25) is 4.90 Å². The molecule has 126 valence electrons. The van der Waals surface area contributed by atoms with Crippen molar-refractivity contribution >= 4 is 38.7 Å². The summed E-state index contributed by atoms with van der Waals surface area (Å²) in [5.41, 5.74) is 1.09. The van der Waals surface area contributed by atoms with Crippen LogP contribution in [0.2, 0.25) is 0 Å². The number of aromatic nitrogens is 3. The van der Waals surface area contributed by atoms with E-state index < -0.39 is 6.10 Å². The summed E-state index contributed by atoms with van der Waals surface area (Å²) in [4.78, 5) is 16.4. The highest BCUT2D eigenvalue weighted by atomic mass is 32.1. The van der Waals surface area contributed by atoms with E-state index in [1.54, 1.807) is 29.0 Å². The highest BCUT2D eigenvalue weighted by Crippen LogP contribution is 2.26. The molecule has 0 aliphatic carbocycles. The number of aliphatic hydroxyl groups is 1. The van der Waals surface area contributed by atoms with E-state index in [9.17, 15) is 5.11 Å². The topological polar surface area (TPSA) is 74.2 Å². The first-order valence-corrected chi connectivity index (χ1v) is 9.71. The van der Waals surface area contributed by atoms with Gasteiger partial charge in [0.25, 0.3) is 0 Å². The maximum absolute atomic E-state index is 10.5. The number of anilines is 1. The predicted octanol–water partition coefficient (Wildman–Crippen LogP) is 2.50. The summed E-state index contributed by atoms with van der Waals surface area (Å²) in [5, 5.41) is 20.2. The Hall–Kier alpha value is -1.61. The lowest BCUT2D eigenvalue weighted by molar-refractivity contribution is 0.0556. The largest absolute Gasteiger partial charge is 0.390 e. The van der Waals surface area contributed by atoms with Gasteiger partial charge in [0.05, 0.1) is 28.2 Å². The SMILES string of the molecule is Cc1nc(CN2CC[C@@H](Nc3ncnc4sccc34)[C@H](O)C2)cs1. The van der Waals surface area contributed by atoms with Crippen LogP contribution in [0.15, 0.2) is 23.2 Å². The van der Waals surface area contributed by atoms with Crippen molar-refractivity contribution in [3.8, 4) is 0 Å². The normalized spacial score (nSPS) is 22.1. The molecule has 0 unspecified atom stereocenters. The first kappa shape index (κ1) is 15.9. The van der Waals surface area contributed by atoms with Gasteiger partial charge in [-0.25, -0.2) is 15.0 Å². The van der Waals surface area contributed by atoms with E-state index in [4.69, 9.17) is 0 Å². The Kier molecular flexibility index (Phi) is 4.45. The van der Waals surface area contributed by atoms with Crippen LogP contribution in [0.25, 0.3) is 10.2 Å². The average molecular weight is 361 g/mol. The Bertz CT molecular complexity index is 833. The zero-order valence-electron chi connectivity index (χ0n) is 13.3. The highest BCUT2D eigenvalue weighted by molar-refractivity contribution is 7.16. The first-order valence-electron chi connectivity index (χ1n) is 7.95. The van der Waals surface area contributed by atoms with Gasteiger partial charge in [-0.1, -0.05) is 0 Å². The fraction of sp³-hybridized carbons (Fsp3) is 0.438. The van der Waals surface area contributed by atoms with Crippen LogP contribution >= 0.6 is 22.7 Å². The minimum atomic E-state index is -0.429. The van der Waals surface area contributed by atoms with E-state index in [1.807, 2.05) is 18.4 Å². The predicted molar refractivity (Wildman–Crippen MR) is 97.6 cm³/mol. The summed E-state index contributed by atoms with van der Waals surface area (Å²) in [6.07, 6.45) is 2.02. The molecule has 3 aromatic heterocycles. The monoisotopic (exact) mass is 361 g/mol. The molecule has 0 radical (unpaired) electrons. The molecule has 2 atom stereocenters. The number of piperidine rings is 1. The number of hydrogen-bond acceptors (Lipinski definition) is 8. The van der Waals surface area contributed by atoms with Crippen LogP contribution < -0.4 is 5.32 Å². The fourth-order valence-corrected chi connectivity index (χ4v) is 4.44. The molecule has 0 aromatic carbocycles. The van der Waals surface area contributed by atoms with Crippen LogP contribution in [0.3, 0.4) is 0 Å². The van der Waals surface area contributed by atoms with Crippen molar-refractivity contribution in [3.05, 3.63) is 33.9 Å². The second-order valence-corrected chi connectivity index (χ2v) is 8.02. The second-order valence-electron chi connectivity index (χ2n) is 6.06. The number of rotatable bonds is 4. The highest BCUT2D eigenvalue weighted by Gasteiger charge is 2.28. The quantitative estimate of drug-likeness (QED) is 0.744. The lowest BCUT2D eigenvalue weighted by Crippen LogP contribution is -2.49. The maximum atomic E-state index is 10.5. The van der Waals surface area contributed by atoms with Crippen LogP contribution in [0.4, 0.5) is 5.82 Å². The van der Waals surface area contributed by atoms with Crippen molar-refractivity contribution in [2.75, 3.05) is 18.4 Å². The molecule has 0 spiro atoms. The van der Waals surface area contributed by atoms with E-state index in [2.05, 4.69) is 30.5 Å². The van der Waals surface area contributed by atoms with Crippen LogP contribution in [-0.4, -0.2) is 50.2 Å². The van der Waals surface area contributed by atoms with E-state index >= 15 is 0 Å². The fourth-order valence-electron chi connectivity index (χ4n) is 3.10. The smallest absolute Gasteiger partial charge is 0.138 e. The van der Waals surface area contributed by atoms with Gasteiger partial charge >= 0.3 is 0 Å². The van der Waals surface area contributed by atoms with Crippen molar-refractivity contribution in [1.82, 2.24) is 19.9 Å². The molecule has 2 N–H and O–H groups in total. The third kappa shape index (κ3) is 3.27. The zero-order chi connectivity index (χ0) is 16.5. The van der Waals surface area contributed by atoms with Crippen LogP contribution in [0.5, 0.6) is 0 Å². The number of nitrogens with zero attached hydrogens (tertiary/aromatic N) is 4. The van der Waals surface area contributed by atoms with E-state index in [0.717, 1.165) is 46.2 Å². The van der Waals surface area contributed by atoms with Crippen molar-refractivity contribution in [2.24, 2.45) is 0 Å². The minimum absolute atomic E-state index is 0.0106. The number of thiophene rings is 1. The van der Waals surface area contributed by atoms with E-state index in [-0.39, 0.29) is 6.04 Å². The number of aliphatic hydroxyl groups excluding tert-OH is 1. The lowest BCUT2D eigenvalue weighted by Gasteiger charge is -2.36. The summed E-state index contributed by atoms with van der Waals surface area (Å²) >= 11 is 3.27. The first-order chi connectivity index (χ1) is 11.7. The molecule has 1 saturated heterocycles. The number of likely N-dealkylation sites (tertiary alicyclic amines) is 1. The second kappa shape index (κ2) is 6.72. The van der Waals surface area contributed by atoms with Gasteiger partial charge in [0, 0.05) is 25.0 Å². The molecule has 0 bridgehead atoms. The Morgan fingerprint density at radius 2 is 2.29 bits per heavy atom. The molecule has 0 saturated carbocycles. The van der Waals surface area contributed by atoms with Crippen LogP contribution in [0, 0.1) is 6.92 Å². The summed E-state index contributed by atoms with van der Waals surface area (Å²) in [6.45, 7) is 4.40. The number of nitrogens with one attached hydrogen (secondary N) is 1. The van der Waals surface area contributed by atoms with Crippen LogP contribution in [0.1, 0.15) is 17.1 Å². The molecule has 4 rings (SSSR count).